The molecule has 1 radical (unpaired) electrons. The standard InChI is InChI=1S/C15H26N3O3S/c1-16-13-10-12(11-14(17-2)15(13)18-3)22(20,21)9-7-5-4-6-8-19/h10-11,16-18H,4-9H2,1-3H3. The largest absolute Gasteiger partial charge is 0.386 e. The number of anilines is 3. The molecule has 1 aromatic carbocycles. The first-order chi connectivity index (χ1) is 10.5. The van der Waals surface area contributed by atoms with Crippen LogP contribution in [0, 0.1) is 0 Å². The average molecular weight is 328 g/mol. The summed E-state index contributed by atoms with van der Waals surface area (Å²) < 4.78 is 24.9. The van der Waals surface area contributed by atoms with E-state index in [0.29, 0.717) is 17.7 Å². The van der Waals surface area contributed by atoms with Crippen LogP contribution < -0.4 is 16.0 Å². The maximum atomic E-state index is 12.5. The molecule has 1 aromatic rings. The number of hydrogen-bond acceptors (Lipinski definition) is 5. The Morgan fingerprint density at radius 2 is 1.41 bits per heavy atom. The molecule has 0 unspecified atom stereocenters. The molecule has 0 spiro atoms. The van der Waals surface area contributed by atoms with Gasteiger partial charge in [0.15, 0.2) is 9.84 Å². The zero-order valence-corrected chi connectivity index (χ0v) is 14.3. The van der Waals surface area contributed by atoms with E-state index in [4.69, 9.17) is 0 Å². The van der Waals surface area contributed by atoms with Gasteiger partial charge in [-0.05, 0) is 25.0 Å². The van der Waals surface area contributed by atoms with Crippen molar-refractivity contribution in [3.63, 3.8) is 0 Å². The van der Waals surface area contributed by atoms with Gasteiger partial charge in [-0.2, -0.15) is 0 Å². The minimum Gasteiger partial charge on any atom is -0.386 e. The van der Waals surface area contributed by atoms with Gasteiger partial charge in [0.05, 0.1) is 34.3 Å². The molecule has 0 amide bonds. The zero-order chi connectivity index (χ0) is 16.6. The Balaban J connectivity index is 2.94. The lowest BCUT2D eigenvalue weighted by atomic mass is 10.2. The number of nitrogens with one attached hydrogen (secondary N) is 3. The van der Waals surface area contributed by atoms with Gasteiger partial charge in [0.1, 0.15) is 0 Å². The van der Waals surface area contributed by atoms with Gasteiger partial charge in [-0.1, -0.05) is 12.8 Å². The summed E-state index contributed by atoms with van der Waals surface area (Å²) in [5.74, 6) is 0.108. The zero-order valence-electron chi connectivity index (χ0n) is 13.5. The van der Waals surface area contributed by atoms with Gasteiger partial charge in [0, 0.05) is 21.1 Å². The number of hydrogen-bond donors (Lipinski definition) is 3. The first-order valence-electron chi connectivity index (χ1n) is 7.52. The minimum atomic E-state index is -3.32. The van der Waals surface area contributed by atoms with Crippen LogP contribution in [0.1, 0.15) is 25.7 Å². The van der Waals surface area contributed by atoms with Crippen molar-refractivity contribution in [1.82, 2.24) is 0 Å². The summed E-state index contributed by atoms with van der Waals surface area (Å²) in [6.07, 6.45) is 2.76. The third-order valence-electron chi connectivity index (χ3n) is 3.57. The van der Waals surface area contributed by atoms with Crippen LogP contribution in [0.4, 0.5) is 17.1 Å². The van der Waals surface area contributed by atoms with Crippen LogP contribution in [0.2, 0.25) is 0 Å². The molecular formula is C15H26N3O3S. The number of unbranched alkanes of at least 4 members (excludes halogenated alkanes) is 3. The fourth-order valence-electron chi connectivity index (χ4n) is 2.32. The second-order valence-corrected chi connectivity index (χ2v) is 7.19. The summed E-state index contributed by atoms with van der Waals surface area (Å²) in [5, 5.41) is 19.5. The molecule has 1 rings (SSSR count). The van der Waals surface area contributed by atoms with Crippen molar-refractivity contribution in [3.05, 3.63) is 12.1 Å². The highest BCUT2D eigenvalue weighted by Gasteiger charge is 2.18. The van der Waals surface area contributed by atoms with Crippen molar-refractivity contribution in [3.8, 4) is 0 Å². The van der Waals surface area contributed by atoms with Crippen molar-refractivity contribution in [2.45, 2.75) is 30.6 Å². The van der Waals surface area contributed by atoms with Crippen LogP contribution in [0.3, 0.4) is 0 Å². The Kier molecular flexibility index (Phi) is 7.47. The SMILES string of the molecule is CNc1cc(S(=O)(=O)CCCCCC[O])cc(NC)c1NC. The Morgan fingerprint density at radius 3 is 1.86 bits per heavy atom. The second kappa shape index (κ2) is 8.85. The summed E-state index contributed by atoms with van der Waals surface area (Å²) in [7, 11) is 1.99. The highest BCUT2D eigenvalue weighted by molar-refractivity contribution is 7.91. The van der Waals surface area contributed by atoms with E-state index < -0.39 is 9.84 Å². The van der Waals surface area contributed by atoms with E-state index in [-0.39, 0.29) is 12.4 Å². The van der Waals surface area contributed by atoms with Gasteiger partial charge < -0.3 is 16.0 Å². The molecule has 0 aliphatic heterocycles. The monoisotopic (exact) mass is 328 g/mol. The third-order valence-corrected chi connectivity index (χ3v) is 5.35. The molecule has 0 aliphatic rings. The fourth-order valence-corrected chi connectivity index (χ4v) is 3.74. The molecule has 0 atom stereocenters. The molecular weight excluding hydrogens is 302 g/mol. The molecule has 125 valence electrons. The molecule has 7 heteroatoms. The van der Waals surface area contributed by atoms with Crippen molar-refractivity contribution >= 4 is 26.9 Å². The van der Waals surface area contributed by atoms with Gasteiger partial charge in [0.2, 0.25) is 0 Å². The van der Waals surface area contributed by atoms with E-state index in [9.17, 15) is 13.5 Å². The van der Waals surface area contributed by atoms with E-state index in [1.54, 1.807) is 33.3 Å². The van der Waals surface area contributed by atoms with Gasteiger partial charge >= 0.3 is 0 Å². The van der Waals surface area contributed by atoms with E-state index in [0.717, 1.165) is 29.9 Å². The van der Waals surface area contributed by atoms with Gasteiger partial charge in [-0.3, -0.25) is 0 Å². The van der Waals surface area contributed by atoms with Gasteiger partial charge in [-0.15, -0.1) is 0 Å². The highest BCUT2D eigenvalue weighted by Crippen LogP contribution is 2.33. The predicted octanol–water partition coefficient (Wildman–Crippen LogP) is 2.58. The average Bonchev–Trinajstić information content (AvgIpc) is 2.52. The van der Waals surface area contributed by atoms with E-state index in [1.165, 1.54) is 0 Å². The van der Waals surface area contributed by atoms with E-state index >= 15 is 0 Å². The van der Waals surface area contributed by atoms with Crippen LogP contribution >= 0.6 is 0 Å². The quantitative estimate of drug-likeness (QED) is 0.574. The van der Waals surface area contributed by atoms with Gasteiger partial charge in [0.25, 0.3) is 0 Å². The molecule has 0 aromatic heterocycles. The van der Waals surface area contributed by atoms with Crippen molar-refractivity contribution in [2.75, 3.05) is 49.5 Å². The molecule has 0 fully saturated rings. The predicted molar refractivity (Wildman–Crippen MR) is 91.2 cm³/mol. The summed E-state index contributed by atoms with van der Waals surface area (Å²) in [6, 6.07) is 3.30. The first-order valence-corrected chi connectivity index (χ1v) is 9.17. The lowest BCUT2D eigenvalue weighted by Crippen LogP contribution is -2.10. The molecule has 0 bridgehead atoms. The normalized spacial score (nSPS) is 11.3. The molecule has 0 saturated carbocycles. The van der Waals surface area contributed by atoms with Crippen LogP contribution in [0.15, 0.2) is 17.0 Å². The van der Waals surface area contributed by atoms with Crippen molar-refractivity contribution in [2.24, 2.45) is 0 Å². The number of rotatable bonds is 10. The molecule has 3 N–H and O–H groups in total. The molecule has 0 saturated heterocycles. The molecule has 0 heterocycles. The lowest BCUT2D eigenvalue weighted by Gasteiger charge is -2.16. The van der Waals surface area contributed by atoms with Crippen molar-refractivity contribution < 1.29 is 13.5 Å². The molecule has 22 heavy (non-hydrogen) atoms. The van der Waals surface area contributed by atoms with Crippen LogP contribution in [-0.4, -0.2) is 41.9 Å². The van der Waals surface area contributed by atoms with Gasteiger partial charge in [-0.25, -0.2) is 13.5 Å². The van der Waals surface area contributed by atoms with Crippen LogP contribution in [0.5, 0.6) is 0 Å². The Bertz CT molecular complexity index is 548. The van der Waals surface area contributed by atoms with E-state index in [2.05, 4.69) is 16.0 Å². The maximum absolute atomic E-state index is 12.5. The Morgan fingerprint density at radius 1 is 0.864 bits per heavy atom. The fraction of sp³-hybridized carbons (Fsp3) is 0.600. The maximum Gasteiger partial charge on any atom is 0.178 e. The minimum absolute atomic E-state index is 0.0880. The lowest BCUT2D eigenvalue weighted by molar-refractivity contribution is 0.186. The summed E-state index contributed by atoms with van der Waals surface area (Å²) in [4.78, 5) is 0.309. The Hall–Kier alpha value is -1.47. The van der Waals surface area contributed by atoms with Crippen molar-refractivity contribution in [1.29, 1.82) is 0 Å². The third kappa shape index (κ3) is 4.78. The second-order valence-electron chi connectivity index (χ2n) is 5.08. The van der Waals surface area contributed by atoms with E-state index in [1.807, 2.05) is 0 Å². The highest BCUT2D eigenvalue weighted by atomic mass is 32.2. The number of benzene rings is 1. The van der Waals surface area contributed by atoms with Crippen LogP contribution in [0.25, 0.3) is 0 Å². The molecule has 0 aliphatic carbocycles. The van der Waals surface area contributed by atoms with Crippen LogP contribution in [-0.2, 0) is 14.9 Å². The topological polar surface area (TPSA) is 90.1 Å². The Labute approximate surface area is 133 Å². The first kappa shape index (κ1) is 18.6. The summed E-state index contributed by atoms with van der Waals surface area (Å²) in [6.45, 7) is -0.0880. The molecule has 6 nitrogen and oxygen atoms in total. The summed E-state index contributed by atoms with van der Waals surface area (Å²) >= 11 is 0. The summed E-state index contributed by atoms with van der Waals surface area (Å²) in [5.41, 5.74) is 2.30. The smallest absolute Gasteiger partial charge is 0.178 e. The number of sulfone groups is 1.